The van der Waals surface area contributed by atoms with Crippen molar-refractivity contribution >= 4 is 28.4 Å². The molecule has 8 nitrogen and oxygen atoms in total. The van der Waals surface area contributed by atoms with E-state index in [4.69, 9.17) is 5.73 Å². The van der Waals surface area contributed by atoms with E-state index in [2.05, 4.69) is 4.98 Å². The van der Waals surface area contributed by atoms with Gasteiger partial charge in [-0.3, -0.25) is 14.9 Å². The van der Waals surface area contributed by atoms with Crippen molar-refractivity contribution in [2.24, 2.45) is 0 Å². The van der Waals surface area contributed by atoms with Gasteiger partial charge in [-0.15, -0.1) is 0 Å². The molecule has 0 saturated heterocycles. The van der Waals surface area contributed by atoms with Gasteiger partial charge in [-0.2, -0.15) is 0 Å². The highest BCUT2D eigenvalue weighted by Crippen LogP contribution is 2.26. The number of pyridine rings is 1. The first-order valence-electron chi connectivity index (χ1n) is 5.22. The summed E-state index contributed by atoms with van der Waals surface area (Å²) in [6.45, 7) is 1.33. The third-order valence-corrected chi connectivity index (χ3v) is 3.20. The summed E-state index contributed by atoms with van der Waals surface area (Å²) in [5.41, 5.74) is 5.13. The Kier molecular flexibility index (Phi) is 5.21. The van der Waals surface area contributed by atoms with Crippen molar-refractivity contribution in [3.8, 4) is 0 Å². The molecule has 0 radical (unpaired) electrons. The third kappa shape index (κ3) is 4.16. The van der Waals surface area contributed by atoms with Gasteiger partial charge in [0.1, 0.15) is 18.1 Å². The maximum absolute atomic E-state index is 10.8. The predicted octanol–water partition coefficient (Wildman–Crippen LogP) is 0.246. The number of aliphatic hydroxyl groups excluding tert-OH is 2. The molecule has 104 valence electrons. The first-order chi connectivity index (χ1) is 8.82. The Bertz CT molecular complexity index is 496. The smallest absolute Gasteiger partial charge is 0.288 e. The van der Waals surface area contributed by atoms with Crippen LogP contribution >= 0.6 is 11.8 Å². The number of aromatic nitrogens is 1. The van der Waals surface area contributed by atoms with E-state index in [0.717, 1.165) is 24.0 Å². The van der Waals surface area contributed by atoms with E-state index in [1.54, 1.807) is 0 Å². The van der Waals surface area contributed by atoms with E-state index in [1.165, 1.54) is 6.92 Å². The van der Waals surface area contributed by atoms with Crippen LogP contribution in [0.1, 0.15) is 18.6 Å². The molecule has 0 amide bonds. The minimum Gasteiger partial charge on any atom is -0.389 e. The zero-order valence-corrected chi connectivity index (χ0v) is 10.8. The summed E-state index contributed by atoms with van der Waals surface area (Å²) in [6.07, 6.45) is -1.76. The maximum Gasteiger partial charge on any atom is 0.288 e. The molecule has 4 N–H and O–H groups in total. The van der Waals surface area contributed by atoms with Crippen LogP contribution in [0.25, 0.3) is 0 Å². The standard InChI is InChI=1S/C10H13N3O5S/c1-5(14)19-4-8(15)9(16)7-2-6(13(17)18)3-12-10(7)11/h2-3,8-9,15-16H,4H2,1H3,(H2,11,12). The monoisotopic (exact) mass is 287 g/mol. The molecule has 2 unspecified atom stereocenters. The topological polar surface area (TPSA) is 140 Å². The Morgan fingerprint density at radius 3 is 2.79 bits per heavy atom. The van der Waals surface area contributed by atoms with E-state index in [9.17, 15) is 25.1 Å². The van der Waals surface area contributed by atoms with E-state index >= 15 is 0 Å². The summed E-state index contributed by atoms with van der Waals surface area (Å²) >= 11 is 0.835. The molecule has 0 saturated carbocycles. The van der Waals surface area contributed by atoms with Crippen molar-refractivity contribution in [1.29, 1.82) is 0 Å². The third-order valence-electron chi connectivity index (χ3n) is 2.29. The number of nitrogen functional groups attached to an aromatic ring is 1. The van der Waals surface area contributed by atoms with Crippen molar-refractivity contribution in [1.82, 2.24) is 4.98 Å². The van der Waals surface area contributed by atoms with E-state index in [0.29, 0.717) is 0 Å². The van der Waals surface area contributed by atoms with Crippen molar-refractivity contribution in [2.75, 3.05) is 11.5 Å². The number of rotatable bonds is 5. The summed E-state index contributed by atoms with van der Waals surface area (Å²) in [7, 11) is 0. The van der Waals surface area contributed by atoms with Crippen LogP contribution < -0.4 is 5.73 Å². The van der Waals surface area contributed by atoms with Gasteiger partial charge in [0.2, 0.25) is 0 Å². The second-order valence-electron chi connectivity index (χ2n) is 3.74. The van der Waals surface area contributed by atoms with Crippen LogP contribution in [0.4, 0.5) is 11.5 Å². The number of aliphatic hydroxyl groups is 2. The predicted molar refractivity (Wildman–Crippen MR) is 69.4 cm³/mol. The second kappa shape index (κ2) is 6.45. The normalized spacial score (nSPS) is 13.8. The molecule has 9 heteroatoms. The number of hydrogen-bond donors (Lipinski definition) is 3. The van der Waals surface area contributed by atoms with Gasteiger partial charge in [-0.1, -0.05) is 11.8 Å². The number of hydrogen-bond acceptors (Lipinski definition) is 8. The summed E-state index contributed by atoms with van der Waals surface area (Å²) in [6, 6.07) is 1.05. The summed E-state index contributed by atoms with van der Waals surface area (Å²) < 4.78 is 0. The number of anilines is 1. The highest BCUT2D eigenvalue weighted by atomic mass is 32.2. The number of thioether (sulfide) groups is 1. The van der Waals surface area contributed by atoms with Crippen LogP contribution in [-0.2, 0) is 4.79 Å². The molecule has 0 aliphatic carbocycles. The van der Waals surface area contributed by atoms with Crippen LogP contribution in [0.2, 0.25) is 0 Å². The molecule has 1 aromatic heterocycles. The van der Waals surface area contributed by atoms with Gasteiger partial charge in [-0.05, 0) is 0 Å². The van der Waals surface area contributed by atoms with Crippen molar-refractivity contribution in [2.45, 2.75) is 19.1 Å². The zero-order chi connectivity index (χ0) is 14.6. The Labute approximate surface area is 112 Å². The van der Waals surface area contributed by atoms with Crippen molar-refractivity contribution in [3.63, 3.8) is 0 Å². The lowest BCUT2D eigenvalue weighted by atomic mass is 10.1. The van der Waals surface area contributed by atoms with E-state index in [-0.39, 0.29) is 27.9 Å². The minimum atomic E-state index is -1.45. The van der Waals surface area contributed by atoms with Crippen LogP contribution in [0.15, 0.2) is 12.3 Å². The Hall–Kier alpha value is -1.71. The molecule has 2 atom stereocenters. The lowest BCUT2D eigenvalue weighted by molar-refractivity contribution is -0.385. The Morgan fingerprint density at radius 1 is 1.63 bits per heavy atom. The van der Waals surface area contributed by atoms with Gasteiger partial charge in [0.15, 0.2) is 5.12 Å². The fourth-order valence-electron chi connectivity index (χ4n) is 1.32. The number of carbonyl (C=O) groups is 1. The second-order valence-corrected chi connectivity index (χ2v) is 4.94. The van der Waals surface area contributed by atoms with Gasteiger partial charge in [-0.25, -0.2) is 4.98 Å². The lowest BCUT2D eigenvalue weighted by Gasteiger charge is -2.18. The number of nitro groups is 1. The van der Waals surface area contributed by atoms with E-state index in [1.807, 2.05) is 0 Å². The number of nitrogens with zero attached hydrogens (tertiary/aromatic N) is 2. The first kappa shape index (κ1) is 15.3. The fraction of sp³-hybridized carbons (Fsp3) is 0.400. The molecule has 0 aliphatic rings. The fourth-order valence-corrected chi connectivity index (χ4v) is 1.91. The highest BCUT2D eigenvalue weighted by Gasteiger charge is 2.24. The Morgan fingerprint density at radius 2 is 2.26 bits per heavy atom. The van der Waals surface area contributed by atoms with Crippen LogP contribution in [0.5, 0.6) is 0 Å². The number of carbonyl (C=O) groups excluding carboxylic acids is 1. The molecule has 0 bridgehead atoms. The number of nitrogens with two attached hydrogens (primary N) is 1. The van der Waals surface area contributed by atoms with Gasteiger partial charge >= 0.3 is 0 Å². The SMILES string of the molecule is CC(=O)SCC(O)C(O)c1cc([N+](=O)[O-])cnc1N. The van der Waals surface area contributed by atoms with Crippen molar-refractivity contribution in [3.05, 3.63) is 27.9 Å². The average molecular weight is 287 g/mol. The quantitative estimate of drug-likeness (QED) is 0.517. The molecule has 0 spiro atoms. The summed E-state index contributed by atoms with van der Waals surface area (Å²) in [4.78, 5) is 24.3. The minimum absolute atomic E-state index is 0.0362. The van der Waals surface area contributed by atoms with Gasteiger partial charge in [0.25, 0.3) is 5.69 Å². The molecular weight excluding hydrogens is 274 g/mol. The molecule has 19 heavy (non-hydrogen) atoms. The molecule has 0 fully saturated rings. The zero-order valence-electron chi connectivity index (χ0n) is 10.0. The first-order valence-corrected chi connectivity index (χ1v) is 6.20. The van der Waals surface area contributed by atoms with Gasteiger partial charge in [0, 0.05) is 24.3 Å². The molecule has 1 rings (SSSR count). The molecular formula is C10H13N3O5S. The van der Waals surface area contributed by atoms with Crippen molar-refractivity contribution < 1.29 is 19.9 Å². The molecule has 1 heterocycles. The summed E-state index contributed by atoms with van der Waals surface area (Å²) in [5.74, 6) is -0.150. The highest BCUT2D eigenvalue weighted by molar-refractivity contribution is 8.13. The maximum atomic E-state index is 10.8. The van der Waals surface area contributed by atoms with E-state index < -0.39 is 17.1 Å². The molecule has 1 aromatic rings. The largest absolute Gasteiger partial charge is 0.389 e. The average Bonchev–Trinajstić information content (AvgIpc) is 2.35. The van der Waals surface area contributed by atoms with Crippen LogP contribution in [0.3, 0.4) is 0 Å². The Balaban J connectivity index is 2.91. The van der Waals surface area contributed by atoms with Crippen LogP contribution in [-0.4, -0.2) is 37.1 Å². The molecule has 0 aliphatic heterocycles. The van der Waals surface area contributed by atoms with Gasteiger partial charge in [0.05, 0.1) is 11.0 Å². The summed E-state index contributed by atoms with van der Waals surface area (Å²) in [5, 5.41) is 30.0. The lowest BCUT2D eigenvalue weighted by Crippen LogP contribution is -2.22. The van der Waals surface area contributed by atoms with Gasteiger partial charge < -0.3 is 15.9 Å². The van der Waals surface area contributed by atoms with Crippen LogP contribution in [0, 0.1) is 10.1 Å². The molecule has 0 aromatic carbocycles.